The van der Waals surface area contributed by atoms with Gasteiger partial charge in [-0.3, -0.25) is 0 Å². The van der Waals surface area contributed by atoms with E-state index in [-0.39, 0.29) is 22.5 Å². The van der Waals surface area contributed by atoms with Crippen LogP contribution in [0.1, 0.15) is 34.4 Å². The lowest BCUT2D eigenvalue weighted by Crippen LogP contribution is -2.05. The monoisotopic (exact) mass is 443 g/mol. The molecule has 0 fully saturated rings. The van der Waals surface area contributed by atoms with Crippen LogP contribution in [0, 0.1) is 18.8 Å². The molecule has 4 aromatic rings. The zero-order valence-corrected chi connectivity index (χ0v) is 16.5. The molecule has 0 saturated carbocycles. The topological polar surface area (TPSA) is 69.1 Å². The average Bonchev–Trinajstić information content (AvgIpc) is 3.16. The lowest BCUT2D eigenvalue weighted by atomic mass is 10.1. The molecule has 0 bridgehead atoms. The number of pyridine rings is 1. The Balaban J connectivity index is 1.81. The van der Waals surface area contributed by atoms with Crippen molar-refractivity contribution in [2.75, 3.05) is 5.73 Å². The number of rotatable bonds is 2. The molecule has 5 nitrogen and oxygen atoms in total. The summed E-state index contributed by atoms with van der Waals surface area (Å²) in [6.45, 7) is 1.77. The zero-order valence-electron chi connectivity index (χ0n) is 16.5. The third-order valence-corrected chi connectivity index (χ3v) is 4.69. The summed E-state index contributed by atoms with van der Waals surface area (Å²) in [6.07, 6.45) is -4.62. The van der Waals surface area contributed by atoms with Gasteiger partial charge in [-0.15, -0.1) is 0 Å². The molecule has 0 aliphatic carbocycles. The maximum Gasteiger partial charge on any atom is 0.416 e. The predicted molar refractivity (Wildman–Crippen MR) is 108 cm³/mol. The second-order valence-electron chi connectivity index (χ2n) is 6.91. The number of halogens is 5. The Morgan fingerprint density at radius 1 is 1.03 bits per heavy atom. The van der Waals surface area contributed by atoms with Crippen molar-refractivity contribution in [3.05, 3.63) is 76.7 Å². The fourth-order valence-corrected chi connectivity index (χ4v) is 3.00. The van der Waals surface area contributed by atoms with Crippen molar-refractivity contribution < 1.29 is 22.0 Å². The van der Waals surface area contributed by atoms with Crippen LogP contribution in [0.2, 0.25) is 0 Å². The van der Waals surface area contributed by atoms with Crippen molar-refractivity contribution >= 4 is 11.5 Å². The van der Waals surface area contributed by atoms with Crippen LogP contribution < -0.4 is 5.73 Å². The lowest BCUT2D eigenvalue weighted by Gasteiger charge is -2.10. The number of hydrogen-bond acceptors (Lipinski definition) is 4. The number of alkyl halides is 5. The van der Waals surface area contributed by atoms with Crippen molar-refractivity contribution in [2.45, 2.75) is 19.5 Å². The van der Waals surface area contributed by atoms with Gasteiger partial charge < -0.3 is 5.73 Å². The normalized spacial score (nSPS) is 11.6. The minimum absolute atomic E-state index is 0.0605. The molecular formula is C22H14F5N5. The fourth-order valence-electron chi connectivity index (χ4n) is 3.00. The highest BCUT2D eigenvalue weighted by Crippen LogP contribution is 2.32. The Hall–Kier alpha value is -4.00. The molecule has 0 atom stereocenters. The average molecular weight is 443 g/mol. The van der Waals surface area contributed by atoms with Crippen LogP contribution in [-0.4, -0.2) is 19.6 Å². The highest BCUT2D eigenvalue weighted by Gasteiger charge is 2.30. The Kier molecular flexibility index (Phi) is 5.26. The number of nitrogen functional groups attached to an aromatic ring is 1. The van der Waals surface area contributed by atoms with Crippen molar-refractivity contribution in [1.82, 2.24) is 19.6 Å². The van der Waals surface area contributed by atoms with Gasteiger partial charge in [0.1, 0.15) is 11.5 Å². The van der Waals surface area contributed by atoms with E-state index in [1.807, 2.05) is 0 Å². The van der Waals surface area contributed by atoms with Crippen LogP contribution in [0.5, 0.6) is 0 Å². The molecule has 0 unspecified atom stereocenters. The van der Waals surface area contributed by atoms with Gasteiger partial charge in [-0.2, -0.15) is 18.3 Å². The molecule has 32 heavy (non-hydrogen) atoms. The van der Waals surface area contributed by atoms with Crippen molar-refractivity contribution in [3.63, 3.8) is 0 Å². The van der Waals surface area contributed by atoms with Crippen LogP contribution in [0.15, 0.2) is 48.8 Å². The SMILES string of the molecule is Cc1cc(C#Cc2cnn3c(C(F)F)cc(-c4ccc(C(F)(F)F)cc4)nc23)cnc1N. The highest BCUT2D eigenvalue weighted by molar-refractivity contribution is 5.67. The number of hydrogen-bond donors (Lipinski definition) is 1. The lowest BCUT2D eigenvalue weighted by molar-refractivity contribution is -0.137. The molecule has 2 N–H and O–H groups in total. The third-order valence-electron chi connectivity index (χ3n) is 4.69. The summed E-state index contributed by atoms with van der Waals surface area (Å²) >= 11 is 0. The Bertz CT molecular complexity index is 1360. The first-order chi connectivity index (χ1) is 15.1. The molecule has 0 radical (unpaired) electrons. The summed E-state index contributed by atoms with van der Waals surface area (Å²) in [6, 6.07) is 6.93. The van der Waals surface area contributed by atoms with Crippen LogP contribution >= 0.6 is 0 Å². The first-order valence-corrected chi connectivity index (χ1v) is 9.22. The number of benzene rings is 1. The summed E-state index contributed by atoms with van der Waals surface area (Å²) in [5, 5.41) is 3.95. The third kappa shape index (κ3) is 4.09. The highest BCUT2D eigenvalue weighted by atomic mass is 19.4. The largest absolute Gasteiger partial charge is 0.416 e. The first-order valence-electron chi connectivity index (χ1n) is 9.22. The second-order valence-corrected chi connectivity index (χ2v) is 6.91. The van der Waals surface area contributed by atoms with Gasteiger partial charge in [0.25, 0.3) is 6.43 Å². The number of anilines is 1. The van der Waals surface area contributed by atoms with E-state index in [1.54, 1.807) is 13.0 Å². The van der Waals surface area contributed by atoms with Gasteiger partial charge in [-0.05, 0) is 36.8 Å². The summed E-state index contributed by atoms with van der Waals surface area (Å²) in [7, 11) is 0. The minimum atomic E-state index is -4.51. The van der Waals surface area contributed by atoms with Gasteiger partial charge in [0.15, 0.2) is 5.65 Å². The first kappa shape index (κ1) is 21.2. The number of nitrogens with zero attached hydrogens (tertiary/aromatic N) is 4. The van der Waals surface area contributed by atoms with E-state index in [2.05, 4.69) is 26.9 Å². The van der Waals surface area contributed by atoms with E-state index < -0.39 is 23.9 Å². The fraction of sp³-hybridized carbons (Fsp3) is 0.136. The van der Waals surface area contributed by atoms with Gasteiger partial charge in [-0.25, -0.2) is 23.3 Å². The van der Waals surface area contributed by atoms with Gasteiger partial charge in [-0.1, -0.05) is 24.0 Å². The smallest absolute Gasteiger partial charge is 0.383 e. The Morgan fingerprint density at radius 3 is 2.38 bits per heavy atom. The van der Waals surface area contributed by atoms with E-state index in [1.165, 1.54) is 24.5 Å². The summed E-state index contributed by atoms with van der Waals surface area (Å²) in [5.41, 5.74) is 6.34. The summed E-state index contributed by atoms with van der Waals surface area (Å²) in [5.74, 6) is 6.07. The molecule has 0 aliphatic rings. The summed E-state index contributed by atoms with van der Waals surface area (Å²) < 4.78 is 66.8. The number of fused-ring (bicyclic) bond motifs is 1. The van der Waals surface area contributed by atoms with Gasteiger partial charge in [0.2, 0.25) is 0 Å². The Morgan fingerprint density at radius 2 is 1.75 bits per heavy atom. The van der Waals surface area contributed by atoms with E-state index in [0.717, 1.165) is 28.3 Å². The van der Waals surface area contributed by atoms with E-state index >= 15 is 0 Å². The standard InChI is InChI=1S/C22H14F5N5/c1-12-8-13(10-29-20(12)28)2-3-15-11-30-32-18(19(23)24)9-17(31-21(15)32)14-4-6-16(7-5-14)22(25,26)27/h4-11,19H,1H3,(H2,28,29). The second kappa shape index (κ2) is 7.92. The molecule has 1 aromatic carbocycles. The molecular weight excluding hydrogens is 429 g/mol. The molecule has 10 heteroatoms. The Labute approximate surface area is 178 Å². The van der Waals surface area contributed by atoms with Gasteiger partial charge >= 0.3 is 6.18 Å². The molecule has 0 aliphatic heterocycles. The molecule has 0 saturated heterocycles. The van der Waals surface area contributed by atoms with Crippen molar-refractivity contribution in [3.8, 4) is 23.1 Å². The van der Waals surface area contributed by atoms with Crippen LogP contribution in [0.3, 0.4) is 0 Å². The molecule has 0 amide bonds. The van der Waals surface area contributed by atoms with Crippen LogP contribution in [0.25, 0.3) is 16.9 Å². The predicted octanol–water partition coefficient (Wildman–Crippen LogP) is 5.04. The molecule has 3 heterocycles. The number of nitrogens with two attached hydrogens (primary N) is 1. The zero-order chi connectivity index (χ0) is 23.0. The molecule has 0 spiro atoms. The van der Waals surface area contributed by atoms with Crippen molar-refractivity contribution in [2.24, 2.45) is 0 Å². The van der Waals surface area contributed by atoms with Crippen molar-refractivity contribution in [1.29, 1.82) is 0 Å². The van der Waals surface area contributed by atoms with Gasteiger partial charge in [0, 0.05) is 17.3 Å². The molecule has 4 rings (SSSR count). The number of aryl methyl sites for hydroxylation is 1. The van der Waals surface area contributed by atoms with E-state index in [0.29, 0.717) is 11.4 Å². The quantitative estimate of drug-likeness (QED) is 0.348. The van der Waals surface area contributed by atoms with E-state index in [4.69, 9.17) is 5.73 Å². The maximum atomic E-state index is 13.7. The van der Waals surface area contributed by atoms with Gasteiger partial charge in [0.05, 0.1) is 23.0 Å². The summed E-state index contributed by atoms with van der Waals surface area (Å²) in [4.78, 5) is 8.35. The number of aromatic nitrogens is 4. The van der Waals surface area contributed by atoms with Crippen LogP contribution in [0.4, 0.5) is 27.8 Å². The maximum absolute atomic E-state index is 13.7. The molecule has 162 valence electrons. The van der Waals surface area contributed by atoms with E-state index in [9.17, 15) is 22.0 Å². The van der Waals surface area contributed by atoms with Crippen LogP contribution in [-0.2, 0) is 6.18 Å². The molecule has 3 aromatic heterocycles. The minimum Gasteiger partial charge on any atom is -0.383 e.